The Morgan fingerprint density at radius 3 is 2.25 bits per heavy atom. The topological polar surface area (TPSA) is 17.1 Å². The summed E-state index contributed by atoms with van der Waals surface area (Å²) < 4.78 is 0. The fraction of sp³-hybridized carbons (Fsp3) is 0.0526. The molecule has 20 heavy (non-hydrogen) atoms. The zero-order chi connectivity index (χ0) is 13.8. The summed E-state index contributed by atoms with van der Waals surface area (Å²) in [5.74, 6) is 2.10. The number of rotatable bonds is 3. The highest BCUT2D eigenvalue weighted by Crippen LogP contribution is 2.22. The lowest BCUT2D eigenvalue weighted by Crippen LogP contribution is -1.92. The van der Waals surface area contributed by atoms with E-state index >= 15 is 0 Å². The molecule has 0 heterocycles. The van der Waals surface area contributed by atoms with Crippen LogP contribution in [0.1, 0.15) is 11.1 Å². The van der Waals surface area contributed by atoms with Gasteiger partial charge >= 0.3 is 0 Å². The van der Waals surface area contributed by atoms with Crippen LogP contribution in [0.2, 0.25) is 0 Å². The van der Waals surface area contributed by atoms with Gasteiger partial charge in [0.15, 0.2) is 0 Å². The predicted molar refractivity (Wildman–Crippen MR) is 83.2 cm³/mol. The largest absolute Gasteiger partial charge is 0.233 e. The zero-order valence-electron chi connectivity index (χ0n) is 11.0. The molecule has 0 fully saturated rings. The van der Waals surface area contributed by atoms with E-state index in [0.717, 1.165) is 16.5 Å². The summed E-state index contributed by atoms with van der Waals surface area (Å²) >= 11 is 0. The lowest BCUT2D eigenvalue weighted by molar-refractivity contribution is 0.569. The van der Waals surface area contributed by atoms with Crippen molar-refractivity contribution in [2.24, 2.45) is 0 Å². The molecule has 0 spiro atoms. The van der Waals surface area contributed by atoms with Gasteiger partial charge in [0.25, 0.3) is 0 Å². The minimum absolute atomic E-state index is 0.614. The van der Waals surface area contributed by atoms with Crippen molar-refractivity contribution < 1.29 is 4.79 Å². The minimum atomic E-state index is 0.614. The van der Waals surface area contributed by atoms with Gasteiger partial charge < -0.3 is 0 Å². The Labute approximate surface area is 118 Å². The second-order valence-corrected chi connectivity index (χ2v) is 4.80. The summed E-state index contributed by atoms with van der Waals surface area (Å²) in [6.07, 6.45) is 0.614. The van der Waals surface area contributed by atoms with Crippen LogP contribution in [0.3, 0.4) is 0 Å². The Balaban J connectivity index is 1.98. The molecule has 0 aliphatic heterocycles. The van der Waals surface area contributed by atoms with Gasteiger partial charge in [0.1, 0.15) is 5.94 Å². The maximum Gasteiger partial charge on any atom is 0.128 e. The van der Waals surface area contributed by atoms with E-state index in [0.29, 0.717) is 12.0 Å². The number of allylic oxidation sites excluding steroid dienone is 1. The standard InChI is InChI=1S/C19H14O/c20-14-19(12-15-6-2-1-3-7-15)18-11-10-16-8-4-5-9-17(16)13-18/h1-11,13H,12H2. The number of hydrogen-bond acceptors (Lipinski definition) is 1. The molecule has 0 aromatic heterocycles. The average Bonchev–Trinajstić information content (AvgIpc) is 2.53. The number of carbonyl (C=O) groups excluding carboxylic acids is 1. The molecule has 3 rings (SSSR count). The van der Waals surface area contributed by atoms with Crippen molar-refractivity contribution in [3.8, 4) is 0 Å². The third-order valence-corrected chi connectivity index (χ3v) is 3.44. The van der Waals surface area contributed by atoms with E-state index in [4.69, 9.17) is 0 Å². The van der Waals surface area contributed by atoms with E-state index < -0.39 is 0 Å². The zero-order valence-corrected chi connectivity index (χ0v) is 11.0. The molecular weight excluding hydrogens is 244 g/mol. The van der Waals surface area contributed by atoms with Gasteiger partial charge in [-0.3, -0.25) is 0 Å². The molecule has 0 unspecified atom stereocenters. The smallest absolute Gasteiger partial charge is 0.128 e. The van der Waals surface area contributed by atoms with E-state index in [9.17, 15) is 4.79 Å². The van der Waals surface area contributed by atoms with Crippen LogP contribution in [0, 0.1) is 0 Å². The fourth-order valence-corrected chi connectivity index (χ4v) is 2.37. The van der Waals surface area contributed by atoms with Gasteiger partial charge in [0, 0.05) is 12.0 Å². The van der Waals surface area contributed by atoms with Crippen molar-refractivity contribution in [2.75, 3.05) is 0 Å². The Kier molecular flexibility index (Phi) is 3.45. The van der Waals surface area contributed by atoms with Crippen LogP contribution in [-0.2, 0) is 11.2 Å². The monoisotopic (exact) mass is 258 g/mol. The molecule has 0 aliphatic rings. The molecule has 0 radical (unpaired) electrons. The molecule has 0 N–H and O–H groups in total. The summed E-state index contributed by atoms with van der Waals surface area (Å²) in [6, 6.07) is 24.2. The van der Waals surface area contributed by atoms with Gasteiger partial charge in [-0.2, -0.15) is 0 Å². The Morgan fingerprint density at radius 1 is 0.800 bits per heavy atom. The van der Waals surface area contributed by atoms with Gasteiger partial charge in [-0.1, -0.05) is 66.7 Å². The van der Waals surface area contributed by atoms with E-state index in [1.54, 1.807) is 0 Å². The lowest BCUT2D eigenvalue weighted by Gasteiger charge is -2.06. The number of fused-ring (bicyclic) bond motifs is 1. The first-order chi connectivity index (χ1) is 9.86. The molecule has 1 heteroatoms. The minimum Gasteiger partial charge on any atom is -0.233 e. The van der Waals surface area contributed by atoms with Gasteiger partial charge in [-0.05, 0) is 28.0 Å². The van der Waals surface area contributed by atoms with Crippen LogP contribution >= 0.6 is 0 Å². The van der Waals surface area contributed by atoms with Crippen LogP contribution in [0.15, 0.2) is 72.8 Å². The highest BCUT2D eigenvalue weighted by molar-refractivity contribution is 5.93. The molecular formula is C19H14O. The van der Waals surface area contributed by atoms with Gasteiger partial charge in [-0.25, -0.2) is 4.79 Å². The summed E-state index contributed by atoms with van der Waals surface area (Å²) in [7, 11) is 0. The summed E-state index contributed by atoms with van der Waals surface area (Å²) in [4.78, 5) is 11.3. The highest BCUT2D eigenvalue weighted by atomic mass is 16.1. The first kappa shape index (κ1) is 12.4. The summed E-state index contributed by atoms with van der Waals surface area (Å²) in [5, 5.41) is 2.33. The molecule has 0 amide bonds. The second-order valence-electron chi connectivity index (χ2n) is 4.80. The molecule has 0 bridgehead atoms. The van der Waals surface area contributed by atoms with Crippen molar-refractivity contribution >= 4 is 22.3 Å². The number of hydrogen-bond donors (Lipinski definition) is 0. The highest BCUT2D eigenvalue weighted by Gasteiger charge is 2.05. The maximum absolute atomic E-state index is 11.3. The van der Waals surface area contributed by atoms with E-state index in [1.807, 2.05) is 54.6 Å². The molecule has 96 valence electrons. The van der Waals surface area contributed by atoms with E-state index in [2.05, 4.69) is 24.1 Å². The Bertz CT molecular complexity index is 781. The van der Waals surface area contributed by atoms with E-state index in [1.165, 1.54) is 5.39 Å². The van der Waals surface area contributed by atoms with Crippen molar-refractivity contribution in [1.82, 2.24) is 0 Å². The molecule has 3 aromatic rings. The quantitative estimate of drug-likeness (QED) is 0.640. The SMILES string of the molecule is O=C=C(Cc1ccccc1)c1ccc2ccccc2c1. The fourth-order valence-electron chi connectivity index (χ4n) is 2.37. The number of benzene rings is 3. The maximum atomic E-state index is 11.3. The van der Waals surface area contributed by atoms with Crippen molar-refractivity contribution in [2.45, 2.75) is 6.42 Å². The van der Waals surface area contributed by atoms with Crippen LogP contribution in [0.5, 0.6) is 0 Å². The molecule has 0 saturated carbocycles. The molecule has 3 aromatic carbocycles. The van der Waals surface area contributed by atoms with Crippen molar-refractivity contribution in [3.63, 3.8) is 0 Å². The molecule has 0 atom stereocenters. The van der Waals surface area contributed by atoms with Gasteiger partial charge in [0.05, 0.1) is 0 Å². The van der Waals surface area contributed by atoms with Gasteiger partial charge in [-0.15, -0.1) is 0 Å². The molecule has 1 nitrogen and oxygen atoms in total. The Morgan fingerprint density at radius 2 is 1.50 bits per heavy atom. The Hall–Kier alpha value is -2.63. The second kappa shape index (κ2) is 5.56. The predicted octanol–water partition coefficient (Wildman–Crippen LogP) is 4.30. The van der Waals surface area contributed by atoms with Crippen LogP contribution in [0.4, 0.5) is 0 Å². The third-order valence-electron chi connectivity index (χ3n) is 3.44. The first-order valence-electron chi connectivity index (χ1n) is 6.64. The first-order valence-corrected chi connectivity index (χ1v) is 6.64. The third kappa shape index (κ3) is 2.54. The van der Waals surface area contributed by atoms with Crippen LogP contribution in [-0.4, -0.2) is 5.94 Å². The van der Waals surface area contributed by atoms with Gasteiger partial charge in [0.2, 0.25) is 0 Å². The lowest BCUT2D eigenvalue weighted by atomic mass is 9.97. The van der Waals surface area contributed by atoms with Crippen molar-refractivity contribution in [1.29, 1.82) is 0 Å². The average molecular weight is 258 g/mol. The normalized spacial score (nSPS) is 10.2. The summed E-state index contributed by atoms with van der Waals surface area (Å²) in [6.45, 7) is 0. The van der Waals surface area contributed by atoms with Crippen LogP contribution in [0.25, 0.3) is 16.3 Å². The van der Waals surface area contributed by atoms with Crippen molar-refractivity contribution in [3.05, 3.63) is 83.9 Å². The van der Waals surface area contributed by atoms with E-state index in [-0.39, 0.29) is 0 Å². The molecule has 0 saturated heterocycles. The summed E-state index contributed by atoms with van der Waals surface area (Å²) in [5.41, 5.74) is 2.77. The van der Waals surface area contributed by atoms with Crippen LogP contribution < -0.4 is 0 Å². The molecule has 0 aliphatic carbocycles.